The second-order valence-electron chi connectivity index (χ2n) is 6.47. The fraction of sp³-hybridized carbons (Fsp3) is 0.400. The van der Waals surface area contributed by atoms with E-state index in [1.165, 1.54) is 6.07 Å². The second kappa shape index (κ2) is 9.32. The van der Waals surface area contributed by atoms with E-state index in [0.29, 0.717) is 24.9 Å². The highest BCUT2D eigenvalue weighted by atomic mass is 19.1. The first kappa shape index (κ1) is 19.1. The number of benzene rings is 1. The molecular weight excluding hydrogens is 345 g/mol. The molecule has 2 unspecified atom stereocenters. The van der Waals surface area contributed by atoms with Crippen LogP contribution in [0.5, 0.6) is 0 Å². The average Bonchev–Trinajstić information content (AvgIpc) is 3.17. The van der Waals surface area contributed by atoms with Crippen molar-refractivity contribution in [3.05, 3.63) is 60.0 Å². The van der Waals surface area contributed by atoms with E-state index in [4.69, 9.17) is 4.74 Å². The molecule has 2 heterocycles. The first-order valence-electron chi connectivity index (χ1n) is 9.11. The molecule has 144 valence electrons. The van der Waals surface area contributed by atoms with Crippen LogP contribution in [-0.4, -0.2) is 50.8 Å². The Bertz CT molecular complexity index is 755. The number of hydrogen-bond acceptors (Lipinski definition) is 4. The quantitative estimate of drug-likeness (QED) is 0.603. The van der Waals surface area contributed by atoms with Crippen molar-refractivity contribution in [1.29, 1.82) is 0 Å². The molecule has 0 saturated carbocycles. The summed E-state index contributed by atoms with van der Waals surface area (Å²) in [5.41, 5.74) is 1.11. The van der Waals surface area contributed by atoms with Crippen LogP contribution in [0.3, 0.4) is 0 Å². The molecule has 1 aromatic carbocycles. The zero-order valence-corrected chi connectivity index (χ0v) is 15.7. The van der Waals surface area contributed by atoms with Crippen LogP contribution < -0.4 is 15.5 Å². The Morgan fingerprint density at radius 3 is 2.85 bits per heavy atom. The highest BCUT2D eigenvalue weighted by Gasteiger charge is 2.26. The summed E-state index contributed by atoms with van der Waals surface area (Å²) in [6.07, 6.45) is 2.45. The van der Waals surface area contributed by atoms with Crippen LogP contribution in [-0.2, 0) is 4.74 Å². The van der Waals surface area contributed by atoms with E-state index in [2.05, 4.69) is 20.6 Å². The number of methoxy groups -OCH3 is 1. The standard InChI is InChI=1S/C20H26FN5O/c1-22-20(24-13-18(27-2)15-7-4-3-5-8-15)25-16-10-12-26(14-16)19-17(21)9-6-11-23-19/h3-9,11,16,18H,10,12-14H2,1-2H3,(H2,22,24,25). The zero-order chi connectivity index (χ0) is 19.1. The Hall–Kier alpha value is -2.67. The number of rotatable bonds is 6. The minimum Gasteiger partial charge on any atom is -0.375 e. The molecule has 1 aromatic heterocycles. The number of ether oxygens (including phenoxy) is 1. The molecule has 7 heteroatoms. The first-order valence-corrected chi connectivity index (χ1v) is 9.11. The lowest BCUT2D eigenvalue weighted by Crippen LogP contribution is -2.45. The summed E-state index contributed by atoms with van der Waals surface area (Å²) in [5, 5.41) is 6.72. The van der Waals surface area contributed by atoms with Crippen LogP contribution in [0.25, 0.3) is 0 Å². The fourth-order valence-corrected chi connectivity index (χ4v) is 3.26. The fourth-order valence-electron chi connectivity index (χ4n) is 3.26. The van der Waals surface area contributed by atoms with Crippen molar-refractivity contribution in [2.45, 2.75) is 18.6 Å². The predicted molar refractivity (Wildman–Crippen MR) is 106 cm³/mol. The van der Waals surface area contributed by atoms with Gasteiger partial charge in [0, 0.05) is 46.0 Å². The molecule has 0 aliphatic carbocycles. The Morgan fingerprint density at radius 1 is 1.33 bits per heavy atom. The molecule has 1 aliphatic heterocycles. The number of aliphatic imine (C=N–C) groups is 1. The maximum atomic E-state index is 13.9. The summed E-state index contributed by atoms with van der Waals surface area (Å²) in [6.45, 7) is 2.04. The molecule has 0 amide bonds. The van der Waals surface area contributed by atoms with Crippen molar-refractivity contribution in [3.63, 3.8) is 0 Å². The lowest BCUT2D eigenvalue weighted by molar-refractivity contribution is 0.106. The number of nitrogens with zero attached hydrogens (tertiary/aromatic N) is 3. The lowest BCUT2D eigenvalue weighted by atomic mass is 10.1. The smallest absolute Gasteiger partial charge is 0.191 e. The number of halogens is 1. The minimum atomic E-state index is -0.286. The van der Waals surface area contributed by atoms with E-state index in [-0.39, 0.29) is 18.0 Å². The van der Waals surface area contributed by atoms with Crippen molar-refractivity contribution >= 4 is 11.8 Å². The molecule has 1 aliphatic rings. The highest BCUT2D eigenvalue weighted by molar-refractivity contribution is 5.80. The molecule has 2 aromatic rings. The van der Waals surface area contributed by atoms with Gasteiger partial charge in [-0.25, -0.2) is 9.37 Å². The number of hydrogen-bond donors (Lipinski definition) is 2. The van der Waals surface area contributed by atoms with Gasteiger partial charge in [0.25, 0.3) is 0 Å². The number of anilines is 1. The molecule has 2 atom stereocenters. The normalized spacial score (nSPS) is 18.4. The van der Waals surface area contributed by atoms with Gasteiger partial charge in [0.05, 0.1) is 6.10 Å². The summed E-state index contributed by atoms with van der Waals surface area (Å²) < 4.78 is 19.5. The van der Waals surface area contributed by atoms with Crippen LogP contribution in [0.4, 0.5) is 10.2 Å². The average molecular weight is 371 g/mol. The van der Waals surface area contributed by atoms with Crippen LogP contribution in [0.15, 0.2) is 53.7 Å². The molecule has 0 spiro atoms. The third kappa shape index (κ3) is 4.95. The van der Waals surface area contributed by atoms with Crippen molar-refractivity contribution < 1.29 is 9.13 Å². The van der Waals surface area contributed by atoms with Crippen molar-refractivity contribution in [2.75, 3.05) is 38.7 Å². The molecule has 3 rings (SSSR count). The number of pyridine rings is 1. The van der Waals surface area contributed by atoms with Gasteiger partial charge in [-0.3, -0.25) is 4.99 Å². The third-order valence-electron chi connectivity index (χ3n) is 4.70. The largest absolute Gasteiger partial charge is 0.375 e. The molecule has 0 bridgehead atoms. The van der Waals surface area contributed by atoms with Crippen molar-refractivity contribution in [2.24, 2.45) is 4.99 Å². The Balaban J connectivity index is 1.53. The van der Waals surface area contributed by atoms with E-state index >= 15 is 0 Å². The summed E-state index contributed by atoms with van der Waals surface area (Å²) in [4.78, 5) is 10.4. The summed E-state index contributed by atoms with van der Waals surface area (Å²) in [7, 11) is 3.44. The molecule has 6 nitrogen and oxygen atoms in total. The van der Waals surface area contributed by atoms with Gasteiger partial charge in [0.1, 0.15) is 0 Å². The van der Waals surface area contributed by atoms with Gasteiger partial charge in [-0.1, -0.05) is 30.3 Å². The highest BCUT2D eigenvalue weighted by Crippen LogP contribution is 2.20. The number of guanidine groups is 1. The maximum absolute atomic E-state index is 13.9. The Kier molecular flexibility index (Phi) is 6.59. The van der Waals surface area contributed by atoms with Crippen molar-refractivity contribution in [3.8, 4) is 0 Å². The lowest BCUT2D eigenvalue weighted by Gasteiger charge is -2.22. The Labute approximate surface area is 159 Å². The van der Waals surface area contributed by atoms with Gasteiger partial charge in [-0.15, -0.1) is 0 Å². The van der Waals surface area contributed by atoms with E-state index < -0.39 is 0 Å². The van der Waals surface area contributed by atoms with E-state index in [1.807, 2.05) is 35.2 Å². The molecule has 1 saturated heterocycles. The van der Waals surface area contributed by atoms with E-state index in [1.54, 1.807) is 26.4 Å². The van der Waals surface area contributed by atoms with Gasteiger partial charge in [0.2, 0.25) is 0 Å². The second-order valence-corrected chi connectivity index (χ2v) is 6.47. The molecule has 1 fully saturated rings. The summed E-state index contributed by atoms with van der Waals surface area (Å²) in [6, 6.07) is 13.3. The van der Waals surface area contributed by atoms with Crippen LogP contribution >= 0.6 is 0 Å². The Morgan fingerprint density at radius 2 is 2.15 bits per heavy atom. The topological polar surface area (TPSA) is 61.8 Å². The van der Waals surface area contributed by atoms with Gasteiger partial charge in [0.15, 0.2) is 17.6 Å². The monoisotopic (exact) mass is 371 g/mol. The van der Waals surface area contributed by atoms with Gasteiger partial charge in [-0.05, 0) is 24.1 Å². The third-order valence-corrected chi connectivity index (χ3v) is 4.70. The van der Waals surface area contributed by atoms with Crippen LogP contribution in [0, 0.1) is 5.82 Å². The van der Waals surface area contributed by atoms with Crippen LogP contribution in [0.2, 0.25) is 0 Å². The first-order chi connectivity index (χ1) is 13.2. The van der Waals surface area contributed by atoms with E-state index in [0.717, 1.165) is 18.5 Å². The molecular formula is C20H26FN5O. The predicted octanol–water partition coefficient (Wildman–Crippen LogP) is 2.35. The van der Waals surface area contributed by atoms with Crippen molar-refractivity contribution in [1.82, 2.24) is 15.6 Å². The SMILES string of the molecule is CN=C(NCC(OC)c1ccccc1)NC1CCN(c2ncccc2F)C1. The number of nitrogens with one attached hydrogen (secondary N) is 2. The number of aromatic nitrogens is 1. The van der Waals surface area contributed by atoms with Gasteiger partial charge < -0.3 is 20.3 Å². The summed E-state index contributed by atoms with van der Waals surface area (Å²) in [5.74, 6) is 0.834. The minimum absolute atomic E-state index is 0.0626. The summed E-state index contributed by atoms with van der Waals surface area (Å²) >= 11 is 0. The van der Waals surface area contributed by atoms with Crippen LogP contribution in [0.1, 0.15) is 18.1 Å². The van der Waals surface area contributed by atoms with E-state index in [9.17, 15) is 4.39 Å². The molecule has 2 N–H and O–H groups in total. The molecule has 0 radical (unpaired) electrons. The maximum Gasteiger partial charge on any atom is 0.191 e. The zero-order valence-electron chi connectivity index (χ0n) is 15.7. The molecule has 27 heavy (non-hydrogen) atoms. The van der Waals surface area contributed by atoms with Gasteiger partial charge in [-0.2, -0.15) is 0 Å². The van der Waals surface area contributed by atoms with Gasteiger partial charge >= 0.3 is 0 Å².